The summed E-state index contributed by atoms with van der Waals surface area (Å²) in [6.07, 6.45) is 5.52. The molecule has 1 N–H and O–H groups in total. The van der Waals surface area contributed by atoms with Gasteiger partial charge in [-0.1, -0.05) is 6.07 Å². The average Bonchev–Trinajstić information content (AvgIpc) is 3.24. The quantitative estimate of drug-likeness (QED) is 0.865. The molecular weight excluding hydrogens is 258 g/mol. The molecular formula is C18H29N3. The zero-order valence-corrected chi connectivity index (χ0v) is 13.9. The highest BCUT2D eigenvalue weighted by atomic mass is 15.2. The van der Waals surface area contributed by atoms with Crippen LogP contribution in [0.1, 0.15) is 57.7 Å². The maximum Gasteiger partial charge on any atom is 0.129 e. The van der Waals surface area contributed by atoms with Crippen molar-refractivity contribution in [3.8, 4) is 0 Å². The number of nitrogens with zero attached hydrogens (tertiary/aromatic N) is 2. The van der Waals surface area contributed by atoms with E-state index in [9.17, 15) is 0 Å². The normalized spacial score (nSPS) is 18.9. The van der Waals surface area contributed by atoms with E-state index < -0.39 is 0 Å². The minimum atomic E-state index is 0.150. The van der Waals surface area contributed by atoms with E-state index in [1.807, 2.05) is 0 Å². The van der Waals surface area contributed by atoms with Crippen LogP contribution in [-0.4, -0.2) is 23.1 Å². The molecule has 1 heterocycles. The summed E-state index contributed by atoms with van der Waals surface area (Å²) in [4.78, 5) is 7.46. The molecule has 0 atom stereocenters. The second-order valence-corrected chi connectivity index (χ2v) is 7.84. The van der Waals surface area contributed by atoms with Gasteiger partial charge in [-0.25, -0.2) is 4.98 Å². The van der Waals surface area contributed by atoms with Crippen LogP contribution in [0, 0.1) is 12.8 Å². The fraction of sp³-hybridized carbons (Fsp3) is 0.722. The fourth-order valence-corrected chi connectivity index (χ4v) is 2.68. The van der Waals surface area contributed by atoms with Gasteiger partial charge >= 0.3 is 0 Å². The first kappa shape index (κ1) is 14.8. The van der Waals surface area contributed by atoms with Gasteiger partial charge in [0.15, 0.2) is 0 Å². The number of pyridine rings is 1. The Bertz CT molecular complexity index is 496. The Morgan fingerprint density at radius 3 is 2.43 bits per heavy atom. The van der Waals surface area contributed by atoms with Gasteiger partial charge in [0, 0.05) is 30.4 Å². The van der Waals surface area contributed by atoms with Crippen LogP contribution in [0.2, 0.25) is 0 Å². The van der Waals surface area contributed by atoms with Crippen LogP contribution in [0.3, 0.4) is 0 Å². The van der Waals surface area contributed by atoms with Crippen molar-refractivity contribution in [1.82, 2.24) is 10.3 Å². The molecule has 1 aromatic heterocycles. The number of hydrogen-bond acceptors (Lipinski definition) is 3. The zero-order chi connectivity index (χ0) is 15.0. The monoisotopic (exact) mass is 287 g/mol. The van der Waals surface area contributed by atoms with Crippen molar-refractivity contribution in [2.24, 2.45) is 5.92 Å². The van der Waals surface area contributed by atoms with Crippen LogP contribution in [0.5, 0.6) is 0 Å². The van der Waals surface area contributed by atoms with Gasteiger partial charge in [0.2, 0.25) is 0 Å². The lowest BCUT2D eigenvalue weighted by molar-refractivity contribution is 0.423. The number of aryl methyl sites for hydroxylation is 1. The molecule has 3 heteroatoms. The first-order valence-corrected chi connectivity index (χ1v) is 8.40. The molecule has 0 bridgehead atoms. The summed E-state index contributed by atoms with van der Waals surface area (Å²) in [6.45, 7) is 10.9. The fourth-order valence-electron chi connectivity index (χ4n) is 2.68. The lowest BCUT2D eigenvalue weighted by Gasteiger charge is -2.25. The van der Waals surface area contributed by atoms with Gasteiger partial charge in [0.1, 0.15) is 5.82 Å². The highest BCUT2D eigenvalue weighted by molar-refractivity contribution is 5.44. The first-order chi connectivity index (χ1) is 9.92. The van der Waals surface area contributed by atoms with Gasteiger partial charge in [-0.15, -0.1) is 0 Å². The van der Waals surface area contributed by atoms with Gasteiger partial charge in [0.25, 0.3) is 0 Å². The molecule has 0 aromatic carbocycles. The summed E-state index contributed by atoms with van der Waals surface area (Å²) in [7, 11) is 0. The molecule has 2 fully saturated rings. The number of hydrogen-bond donors (Lipinski definition) is 1. The molecule has 3 rings (SSSR count). The Morgan fingerprint density at radius 1 is 1.19 bits per heavy atom. The first-order valence-electron chi connectivity index (χ1n) is 8.40. The molecule has 2 aliphatic carbocycles. The molecule has 2 saturated carbocycles. The van der Waals surface area contributed by atoms with E-state index in [4.69, 9.17) is 4.98 Å². The number of rotatable bonds is 6. The standard InChI is InChI=1S/C18H29N3/c1-13-15(11-19-18(2,3)4)7-10-17(20-13)21(16-8-9-16)12-14-5-6-14/h7,10,14,16,19H,5-6,8-9,11-12H2,1-4H3. The topological polar surface area (TPSA) is 28.2 Å². The third kappa shape index (κ3) is 4.19. The largest absolute Gasteiger partial charge is 0.353 e. The number of aromatic nitrogens is 1. The maximum atomic E-state index is 4.90. The Balaban J connectivity index is 1.69. The Labute approximate surface area is 129 Å². The maximum absolute atomic E-state index is 4.90. The highest BCUT2D eigenvalue weighted by Gasteiger charge is 2.34. The van der Waals surface area contributed by atoms with Crippen molar-refractivity contribution < 1.29 is 0 Å². The summed E-state index contributed by atoms with van der Waals surface area (Å²) in [5, 5.41) is 3.55. The molecule has 1 aromatic rings. The van der Waals surface area contributed by atoms with E-state index >= 15 is 0 Å². The van der Waals surface area contributed by atoms with Gasteiger partial charge in [-0.05, 0) is 70.9 Å². The lowest BCUT2D eigenvalue weighted by atomic mass is 10.1. The summed E-state index contributed by atoms with van der Waals surface area (Å²) in [6, 6.07) is 5.25. The summed E-state index contributed by atoms with van der Waals surface area (Å²) in [5.41, 5.74) is 2.64. The van der Waals surface area contributed by atoms with Crippen LogP contribution in [-0.2, 0) is 6.54 Å². The molecule has 0 saturated heterocycles. The molecule has 0 unspecified atom stereocenters. The molecule has 3 nitrogen and oxygen atoms in total. The zero-order valence-electron chi connectivity index (χ0n) is 13.9. The minimum absolute atomic E-state index is 0.150. The SMILES string of the molecule is Cc1nc(N(CC2CC2)C2CC2)ccc1CNC(C)(C)C. The molecule has 2 aliphatic rings. The molecule has 0 amide bonds. The second-order valence-electron chi connectivity index (χ2n) is 7.84. The van der Waals surface area contributed by atoms with Gasteiger partial charge in [-0.2, -0.15) is 0 Å². The van der Waals surface area contributed by atoms with E-state index in [0.29, 0.717) is 0 Å². The summed E-state index contributed by atoms with van der Waals surface area (Å²) < 4.78 is 0. The van der Waals surface area contributed by atoms with Crippen LogP contribution in [0.15, 0.2) is 12.1 Å². The lowest BCUT2D eigenvalue weighted by Crippen LogP contribution is -2.35. The van der Waals surface area contributed by atoms with Crippen molar-refractivity contribution in [1.29, 1.82) is 0 Å². The molecule has 116 valence electrons. The van der Waals surface area contributed by atoms with Crippen molar-refractivity contribution >= 4 is 5.82 Å². The van der Waals surface area contributed by atoms with Crippen LogP contribution in [0.4, 0.5) is 5.82 Å². The minimum Gasteiger partial charge on any atom is -0.353 e. The van der Waals surface area contributed by atoms with Crippen molar-refractivity contribution in [2.75, 3.05) is 11.4 Å². The van der Waals surface area contributed by atoms with E-state index in [1.165, 1.54) is 49.3 Å². The Kier molecular flexibility index (Phi) is 3.96. The molecule has 21 heavy (non-hydrogen) atoms. The van der Waals surface area contributed by atoms with Gasteiger partial charge in [0.05, 0.1) is 0 Å². The van der Waals surface area contributed by atoms with Crippen LogP contribution in [0.25, 0.3) is 0 Å². The molecule has 0 radical (unpaired) electrons. The van der Waals surface area contributed by atoms with Crippen LogP contribution >= 0.6 is 0 Å². The van der Waals surface area contributed by atoms with E-state index in [0.717, 1.165) is 18.5 Å². The van der Waals surface area contributed by atoms with E-state index in [2.05, 4.69) is 50.0 Å². The van der Waals surface area contributed by atoms with E-state index in [-0.39, 0.29) is 5.54 Å². The highest BCUT2D eigenvalue weighted by Crippen LogP contribution is 2.37. The van der Waals surface area contributed by atoms with Crippen molar-refractivity contribution in [3.05, 3.63) is 23.4 Å². The molecule has 0 aliphatic heterocycles. The summed E-state index contributed by atoms with van der Waals surface area (Å²) in [5.74, 6) is 2.12. The second kappa shape index (κ2) is 5.60. The Hall–Kier alpha value is -1.09. The summed E-state index contributed by atoms with van der Waals surface area (Å²) >= 11 is 0. The van der Waals surface area contributed by atoms with Crippen LogP contribution < -0.4 is 10.2 Å². The number of nitrogens with one attached hydrogen (secondary N) is 1. The number of anilines is 1. The molecule has 0 spiro atoms. The van der Waals surface area contributed by atoms with Gasteiger partial charge in [-0.3, -0.25) is 0 Å². The van der Waals surface area contributed by atoms with Crippen molar-refractivity contribution in [2.45, 2.75) is 71.5 Å². The predicted molar refractivity (Wildman–Crippen MR) is 88.7 cm³/mol. The predicted octanol–water partition coefficient (Wildman–Crippen LogP) is 3.66. The smallest absolute Gasteiger partial charge is 0.129 e. The third-order valence-electron chi connectivity index (χ3n) is 4.42. The van der Waals surface area contributed by atoms with E-state index in [1.54, 1.807) is 0 Å². The van der Waals surface area contributed by atoms with Gasteiger partial charge < -0.3 is 10.2 Å². The van der Waals surface area contributed by atoms with Crippen molar-refractivity contribution in [3.63, 3.8) is 0 Å². The third-order valence-corrected chi connectivity index (χ3v) is 4.42. The Morgan fingerprint density at radius 2 is 1.90 bits per heavy atom. The average molecular weight is 287 g/mol.